The molecule has 0 aromatic heterocycles. The summed E-state index contributed by atoms with van der Waals surface area (Å²) in [7, 11) is 3.28. The minimum atomic E-state index is -1.20. The zero-order valence-corrected chi connectivity index (χ0v) is 17.2. The average molecular weight is 386 g/mol. The summed E-state index contributed by atoms with van der Waals surface area (Å²) >= 11 is 0. The van der Waals surface area contributed by atoms with Gasteiger partial charge in [-0.1, -0.05) is 31.0 Å². The minimum absolute atomic E-state index is 0.0142. The van der Waals surface area contributed by atoms with Gasteiger partial charge in [0, 0.05) is 37.5 Å². The van der Waals surface area contributed by atoms with Gasteiger partial charge in [-0.15, -0.1) is 0 Å². The van der Waals surface area contributed by atoms with Crippen molar-refractivity contribution in [3.63, 3.8) is 0 Å². The highest BCUT2D eigenvalue weighted by molar-refractivity contribution is 6.11. The van der Waals surface area contributed by atoms with Crippen molar-refractivity contribution in [1.29, 1.82) is 0 Å². The van der Waals surface area contributed by atoms with Crippen LogP contribution in [-0.4, -0.2) is 53.8 Å². The van der Waals surface area contributed by atoms with E-state index in [1.807, 2.05) is 32.0 Å². The number of carbonyl (C=O) groups excluding carboxylic acids is 3. The Morgan fingerprint density at radius 1 is 1.25 bits per heavy atom. The predicted molar refractivity (Wildman–Crippen MR) is 106 cm³/mol. The summed E-state index contributed by atoms with van der Waals surface area (Å²) < 4.78 is 5.51. The van der Waals surface area contributed by atoms with E-state index in [0.717, 1.165) is 25.7 Å². The van der Waals surface area contributed by atoms with E-state index < -0.39 is 5.41 Å². The molecule has 1 saturated heterocycles. The lowest BCUT2D eigenvalue weighted by Gasteiger charge is -2.32. The first-order valence-electron chi connectivity index (χ1n) is 10.1. The zero-order valence-electron chi connectivity index (χ0n) is 17.2. The van der Waals surface area contributed by atoms with Crippen LogP contribution in [-0.2, 0) is 19.8 Å². The largest absolute Gasteiger partial charge is 0.496 e. The molecule has 1 atom stereocenters. The molecule has 1 saturated carbocycles. The molecule has 0 spiro atoms. The third kappa shape index (κ3) is 3.40. The van der Waals surface area contributed by atoms with Crippen LogP contribution in [0.25, 0.3) is 0 Å². The van der Waals surface area contributed by atoms with Crippen LogP contribution in [0.4, 0.5) is 0 Å². The Morgan fingerprint density at radius 2 is 1.89 bits per heavy atom. The van der Waals surface area contributed by atoms with Gasteiger partial charge in [0.15, 0.2) is 0 Å². The smallest absolute Gasteiger partial charge is 0.241 e. The fourth-order valence-electron chi connectivity index (χ4n) is 4.45. The number of rotatable bonds is 6. The summed E-state index contributed by atoms with van der Waals surface area (Å²) in [5, 5.41) is 0. The van der Waals surface area contributed by atoms with Crippen LogP contribution in [0, 0.1) is 0 Å². The van der Waals surface area contributed by atoms with E-state index in [1.165, 1.54) is 4.90 Å². The normalized spacial score (nSPS) is 23.0. The third-order valence-electron chi connectivity index (χ3n) is 6.28. The van der Waals surface area contributed by atoms with E-state index in [-0.39, 0.29) is 42.6 Å². The van der Waals surface area contributed by atoms with Crippen LogP contribution < -0.4 is 4.74 Å². The van der Waals surface area contributed by atoms with E-state index in [9.17, 15) is 14.4 Å². The quantitative estimate of drug-likeness (QED) is 0.705. The third-order valence-corrected chi connectivity index (χ3v) is 6.28. The maximum absolute atomic E-state index is 13.7. The molecule has 0 bridgehead atoms. The Bertz CT molecular complexity index is 770. The van der Waals surface area contributed by atoms with Crippen molar-refractivity contribution in [3.8, 4) is 5.75 Å². The van der Waals surface area contributed by atoms with Gasteiger partial charge in [0.25, 0.3) is 0 Å². The Kier molecular flexibility index (Phi) is 5.77. The number of carbonyl (C=O) groups is 3. The van der Waals surface area contributed by atoms with Crippen LogP contribution in [0.5, 0.6) is 5.75 Å². The highest BCUT2D eigenvalue weighted by atomic mass is 16.5. The van der Waals surface area contributed by atoms with Gasteiger partial charge in [-0.3, -0.25) is 19.3 Å². The van der Waals surface area contributed by atoms with E-state index in [1.54, 1.807) is 25.1 Å². The molecule has 6 heteroatoms. The fraction of sp³-hybridized carbons (Fsp3) is 0.591. The van der Waals surface area contributed by atoms with Crippen molar-refractivity contribution < 1.29 is 19.1 Å². The first-order chi connectivity index (χ1) is 13.3. The van der Waals surface area contributed by atoms with Crippen molar-refractivity contribution in [2.75, 3.05) is 14.2 Å². The molecule has 152 valence electrons. The maximum atomic E-state index is 13.7. The number of nitrogens with zero attached hydrogens (tertiary/aromatic N) is 2. The van der Waals surface area contributed by atoms with Gasteiger partial charge in [0.05, 0.1) is 12.5 Å². The van der Waals surface area contributed by atoms with Crippen molar-refractivity contribution in [3.05, 3.63) is 29.8 Å². The van der Waals surface area contributed by atoms with Gasteiger partial charge in [-0.2, -0.15) is 0 Å². The molecule has 1 unspecified atom stereocenters. The van der Waals surface area contributed by atoms with E-state index in [0.29, 0.717) is 11.3 Å². The summed E-state index contributed by atoms with van der Waals surface area (Å²) in [6.07, 6.45) is 3.73. The summed E-state index contributed by atoms with van der Waals surface area (Å²) in [6, 6.07) is 7.21. The predicted octanol–water partition coefficient (Wildman–Crippen LogP) is 2.89. The molecule has 1 aliphatic carbocycles. The van der Waals surface area contributed by atoms with Crippen molar-refractivity contribution in [1.82, 2.24) is 9.80 Å². The van der Waals surface area contributed by atoms with Gasteiger partial charge in [-0.25, -0.2) is 0 Å². The van der Waals surface area contributed by atoms with Crippen LogP contribution in [0.3, 0.4) is 0 Å². The van der Waals surface area contributed by atoms with Crippen LogP contribution >= 0.6 is 0 Å². The highest BCUT2D eigenvalue weighted by Crippen LogP contribution is 2.46. The van der Waals surface area contributed by atoms with Gasteiger partial charge in [0.1, 0.15) is 5.75 Å². The summed E-state index contributed by atoms with van der Waals surface area (Å²) in [6.45, 7) is 3.86. The molecule has 1 aliphatic heterocycles. The SMILES string of the molecule is COc1ccccc1C1(CC(=O)N(C)C(C)C)CC(=O)N(C2CCCC2)C1=O. The second kappa shape index (κ2) is 7.94. The summed E-state index contributed by atoms with van der Waals surface area (Å²) in [4.78, 5) is 42.8. The lowest BCUT2D eigenvalue weighted by Crippen LogP contribution is -2.46. The average Bonchev–Trinajstić information content (AvgIpc) is 3.28. The number of imide groups is 1. The van der Waals surface area contributed by atoms with Crippen molar-refractivity contribution >= 4 is 17.7 Å². The number of benzene rings is 1. The lowest BCUT2D eigenvalue weighted by atomic mass is 9.75. The van der Waals surface area contributed by atoms with Crippen molar-refractivity contribution in [2.24, 2.45) is 0 Å². The number of hydrogen-bond donors (Lipinski definition) is 0. The second-order valence-electron chi connectivity index (χ2n) is 8.24. The van der Waals surface area contributed by atoms with Gasteiger partial charge in [0.2, 0.25) is 17.7 Å². The summed E-state index contributed by atoms with van der Waals surface area (Å²) in [5.74, 6) is -0.0329. The molecule has 1 heterocycles. The molecular weight excluding hydrogens is 356 g/mol. The molecule has 3 amide bonds. The molecule has 28 heavy (non-hydrogen) atoms. The molecule has 1 aromatic carbocycles. The topological polar surface area (TPSA) is 66.9 Å². The summed E-state index contributed by atoms with van der Waals surface area (Å²) in [5.41, 5.74) is -0.575. The molecule has 6 nitrogen and oxygen atoms in total. The Balaban J connectivity index is 2.06. The Labute approximate surface area is 166 Å². The van der Waals surface area contributed by atoms with Crippen LogP contribution in [0.15, 0.2) is 24.3 Å². The van der Waals surface area contributed by atoms with Gasteiger partial charge < -0.3 is 9.64 Å². The highest BCUT2D eigenvalue weighted by Gasteiger charge is 2.56. The number of para-hydroxylation sites is 1. The molecule has 0 N–H and O–H groups in total. The van der Waals surface area contributed by atoms with Gasteiger partial charge >= 0.3 is 0 Å². The van der Waals surface area contributed by atoms with Gasteiger partial charge in [-0.05, 0) is 32.8 Å². The van der Waals surface area contributed by atoms with E-state index >= 15 is 0 Å². The number of amides is 3. The Morgan fingerprint density at radius 3 is 2.50 bits per heavy atom. The minimum Gasteiger partial charge on any atom is -0.496 e. The van der Waals surface area contributed by atoms with Crippen molar-refractivity contribution in [2.45, 2.75) is 69.9 Å². The molecule has 0 radical (unpaired) electrons. The molecule has 1 aromatic rings. The zero-order chi connectivity index (χ0) is 20.5. The molecule has 2 fully saturated rings. The molecular formula is C22H30N2O4. The lowest BCUT2D eigenvalue weighted by molar-refractivity contribution is -0.144. The molecule has 2 aliphatic rings. The Hall–Kier alpha value is -2.37. The van der Waals surface area contributed by atoms with Crippen LogP contribution in [0.1, 0.15) is 57.9 Å². The first kappa shape index (κ1) is 20.4. The fourth-order valence-corrected chi connectivity index (χ4v) is 4.45. The number of hydrogen-bond acceptors (Lipinski definition) is 4. The first-order valence-corrected chi connectivity index (χ1v) is 10.1. The van der Waals surface area contributed by atoms with E-state index in [2.05, 4.69) is 0 Å². The number of ether oxygens (including phenoxy) is 1. The number of methoxy groups -OCH3 is 1. The molecule has 3 rings (SSSR count). The van der Waals surface area contributed by atoms with E-state index in [4.69, 9.17) is 4.74 Å². The maximum Gasteiger partial charge on any atom is 0.241 e. The monoisotopic (exact) mass is 386 g/mol. The standard InChI is InChI=1S/C22H30N2O4/c1-15(2)23(3)19(25)13-22(17-11-7-8-12-18(17)28-4)14-20(26)24(21(22)27)16-9-5-6-10-16/h7-8,11-12,15-16H,5-6,9-10,13-14H2,1-4H3. The number of likely N-dealkylation sites (tertiary alicyclic amines) is 1. The second-order valence-corrected chi connectivity index (χ2v) is 8.24. The van der Waals surface area contributed by atoms with Crippen LogP contribution in [0.2, 0.25) is 0 Å².